The van der Waals surface area contributed by atoms with Crippen molar-refractivity contribution in [1.29, 1.82) is 0 Å². The molecule has 0 aliphatic carbocycles. The minimum Gasteiger partial charge on any atom is -0.383 e. The molecule has 0 fully saturated rings. The first-order valence-corrected chi connectivity index (χ1v) is 5.43. The van der Waals surface area contributed by atoms with E-state index < -0.39 is 11.4 Å². The minimum atomic E-state index is -0.910. The molecule has 0 radical (unpaired) electrons. The summed E-state index contributed by atoms with van der Waals surface area (Å²) in [4.78, 5) is 15.5. The molecule has 0 bridgehead atoms. The Morgan fingerprint density at radius 3 is 3.00 bits per heavy atom. The van der Waals surface area contributed by atoms with Crippen LogP contribution in [0.5, 0.6) is 0 Å². The monoisotopic (exact) mass is 229 g/mol. The van der Waals surface area contributed by atoms with Crippen LogP contribution in [0.15, 0.2) is 11.6 Å². The smallest absolute Gasteiger partial charge is 0.244 e. The summed E-state index contributed by atoms with van der Waals surface area (Å²) in [7, 11) is 1.60. The summed E-state index contributed by atoms with van der Waals surface area (Å²) in [5.41, 5.74) is 4.46. The number of nitrogens with two attached hydrogens (primary N) is 1. The van der Waals surface area contributed by atoms with Crippen LogP contribution in [-0.2, 0) is 15.1 Å². The standard InChI is InChI=1S/C9H15N3O2S/c1-9(7(10)13,12-3-5-14-2)8-11-4-6-15-8/h4,6,12H,3,5H2,1-2H3,(H2,10,13). The summed E-state index contributed by atoms with van der Waals surface area (Å²) in [5, 5.41) is 5.53. The van der Waals surface area contributed by atoms with Gasteiger partial charge >= 0.3 is 0 Å². The number of nitrogens with one attached hydrogen (secondary N) is 1. The van der Waals surface area contributed by atoms with E-state index in [2.05, 4.69) is 10.3 Å². The number of primary amides is 1. The Balaban J connectivity index is 2.75. The van der Waals surface area contributed by atoms with Gasteiger partial charge in [0.05, 0.1) is 6.61 Å². The molecule has 0 aliphatic rings. The Kier molecular flexibility index (Phi) is 4.19. The molecule has 15 heavy (non-hydrogen) atoms. The van der Waals surface area contributed by atoms with Crippen LogP contribution < -0.4 is 11.1 Å². The molecule has 3 N–H and O–H groups in total. The maximum absolute atomic E-state index is 11.4. The Bertz CT molecular complexity index is 315. The number of carbonyl (C=O) groups excluding carboxylic acids is 1. The number of carbonyl (C=O) groups is 1. The van der Waals surface area contributed by atoms with E-state index in [9.17, 15) is 4.79 Å². The second-order valence-electron chi connectivity index (χ2n) is 3.25. The molecule has 0 aromatic carbocycles. The van der Waals surface area contributed by atoms with Crippen molar-refractivity contribution in [3.05, 3.63) is 16.6 Å². The van der Waals surface area contributed by atoms with Crippen LogP contribution in [0.4, 0.5) is 0 Å². The molecule has 1 aromatic rings. The third-order valence-corrected chi connectivity index (χ3v) is 3.13. The lowest BCUT2D eigenvalue weighted by Crippen LogP contribution is -2.51. The fourth-order valence-corrected chi connectivity index (χ4v) is 1.92. The van der Waals surface area contributed by atoms with E-state index in [4.69, 9.17) is 10.5 Å². The first-order chi connectivity index (χ1) is 7.11. The summed E-state index contributed by atoms with van der Waals surface area (Å²) < 4.78 is 4.90. The van der Waals surface area contributed by atoms with Gasteiger partial charge in [-0.3, -0.25) is 10.1 Å². The molecular weight excluding hydrogens is 214 g/mol. The van der Waals surface area contributed by atoms with Crippen LogP contribution in [0.1, 0.15) is 11.9 Å². The lowest BCUT2D eigenvalue weighted by Gasteiger charge is -2.24. The molecule has 84 valence electrons. The van der Waals surface area contributed by atoms with Crippen LogP contribution in [-0.4, -0.2) is 31.2 Å². The van der Waals surface area contributed by atoms with Gasteiger partial charge in [0.15, 0.2) is 0 Å². The van der Waals surface area contributed by atoms with E-state index in [1.54, 1.807) is 20.2 Å². The second kappa shape index (κ2) is 5.20. The zero-order valence-corrected chi connectivity index (χ0v) is 9.63. The van der Waals surface area contributed by atoms with Crippen molar-refractivity contribution in [1.82, 2.24) is 10.3 Å². The van der Waals surface area contributed by atoms with Crippen LogP contribution >= 0.6 is 11.3 Å². The van der Waals surface area contributed by atoms with Crippen molar-refractivity contribution in [2.75, 3.05) is 20.3 Å². The number of aromatic nitrogens is 1. The summed E-state index contributed by atoms with van der Waals surface area (Å²) in [6.45, 7) is 2.80. The normalized spacial score (nSPS) is 14.8. The minimum absolute atomic E-state index is 0.437. The predicted octanol–water partition coefficient (Wildman–Crippen LogP) is 0.0796. The second-order valence-corrected chi connectivity index (χ2v) is 4.14. The van der Waals surface area contributed by atoms with Crippen molar-refractivity contribution < 1.29 is 9.53 Å². The maximum Gasteiger partial charge on any atom is 0.244 e. The summed E-state index contributed by atoms with van der Waals surface area (Å²) >= 11 is 1.40. The number of rotatable bonds is 6. The van der Waals surface area contributed by atoms with Crippen molar-refractivity contribution >= 4 is 17.2 Å². The molecule has 0 spiro atoms. The largest absolute Gasteiger partial charge is 0.383 e. The Morgan fingerprint density at radius 2 is 2.53 bits per heavy atom. The summed E-state index contributed by atoms with van der Waals surface area (Å²) in [5.74, 6) is -0.437. The van der Waals surface area contributed by atoms with E-state index >= 15 is 0 Å². The molecule has 0 aliphatic heterocycles. The zero-order chi connectivity index (χ0) is 11.3. The molecule has 1 aromatic heterocycles. The van der Waals surface area contributed by atoms with Gasteiger partial charge < -0.3 is 10.5 Å². The first-order valence-electron chi connectivity index (χ1n) is 4.55. The number of amides is 1. The van der Waals surface area contributed by atoms with E-state index in [1.807, 2.05) is 5.38 Å². The molecule has 5 nitrogen and oxygen atoms in total. The number of methoxy groups -OCH3 is 1. The third kappa shape index (κ3) is 2.74. The lowest BCUT2D eigenvalue weighted by molar-refractivity contribution is -0.124. The highest BCUT2D eigenvalue weighted by molar-refractivity contribution is 7.09. The molecular formula is C9H15N3O2S. The number of nitrogens with zero attached hydrogens (tertiary/aromatic N) is 1. The van der Waals surface area contributed by atoms with Gasteiger partial charge in [-0.25, -0.2) is 4.98 Å². The van der Waals surface area contributed by atoms with Crippen molar-refractivity contribution in [3.63, 3.8) is 0 Å². The number of hydrogen-bond donors (Lipinski definition) is 2. The van der Waals surface area contributed by atoms with Gasteiger partial charge in [-0.1, -0.05) is 0 Å². The molecule has 0 saturated carbocycles. The van der Waals surface area contributed by atoms with Crippen molar-refractivity contribution in [3.8, 4) is 0 Å². The van der Waals surface area contributed by atoms with Crippen LogP contribution in [0.3, 0.4) is 0 Å². The van der Waals surface area contributed by atoms with Crippen molar-refractivity contribution in [2.45, 2.75) is 12.5 Å². The molecule has 1 rings (SSSR count). The van der Waals surface area contributed by atoms with Gasteiger partial charge in [-0.15, -0.1) is 11.3 Å². The highest BCUT2D eigenvalue weighted by Crippen LogP contribution is 2.22. The van der Waals surface area contributed by atoms with Gasteiger partial charge in [0.2, 0.25) is 5.91 Å². The molecule has 1 amide bonds. The highest BCUT2D eigenvalue weighted by atomic mass is 32.1. The average Bonchev–Trinajstić information content (AvgIpc) is 2.70. The van der Waals surface area contributed by atoms with Gasteiger partial charge in [0.25, 0.3) is 0 Å². The van der Waals surface area contributed by atoms with Crippen LogP contribution in [0.25, 0.3) is 0 Å². The topological polar surface area (TPSA) is 77.2 Å². The van der Waals surface area contributed by atoms with Crippen LogP contribution in [0.2, 0.25) is 0 Å². The molecule has 6 heteroatoms. The Morgan fingerprint density at radius 1 is 1.80 bits per heavy atom. The van der Waals surface area contributed by atoms with E-state index in [0.717, 1.165) is 0 Å². The first kappa shape index (κ1) is 12.1. The molecule has 1 unspecified atom stereocenters. The summed E-state index contributed by atoms with van der Waals surface area (Å²) in [6, 6.07) is 0. The van der Waals surface area contributed by atoms with Crippen LogP contribution in [0, 0.1) is 0 Å². The van der Waals surface area contributed by atoms with Crippen molar-refractivity contribution in [2.24, 2.45) is 5.73 Å². The molecule has 1 heterocycles. The summed E-state index contributed by atoms with van der Waals surface area (Å²) in [6.07, 6.45) is 1.65. The van der Waals surface area contributed by atoms with Gasteiger partial charge in [-0.05, 0) is 6.92 Å². The predicted molar refractivity (Wildman–Crippen MR) is 58.5 cm³/mol. The highest BCUT2D eigenvalue weighted by Gasteiger charge is 2.34. The average molecular weight is 229 g/mol. The van der Waals surface area contributed by atoms with Gasteiger partial charge in [0.1, 0.15) is 10.5 Å². The Hall–Kier alpha value is -0.980. The van der Waals surface area contributed by atoms with E-state index in [0.29, 0.717) is 18.2 Å². The SMILES string of the molecule is COCCNC(C)(C(N)=O)c1nccs1. The van der Waals surface area contributed by atoms with Gasteiger partial charge in [0, 0.05) is 25.2 Å². The number of thiazole rings is 1. The zero-order valence-electron chi connectivity index (χ0n) is 8.82. The quantitative estimate of drug-likeness (QED) is 0.677. The fourth-order valence-electron chi connectivity index (χ4n) is 1.14. The Labute approximate surface area is 92.6 Å². The van der Waals surface area contributed by atoms with E-state index in [1.165, 1.54) is 11.3 Å². The third-order valence-electron chi connectivity index (χ3n) is 2.14. The van der Waals surface area contributed by atoms with E-state index in [-0.39, 0.29) is 0 Å². The maximum atomic E-state index is 11.4. The fraction of sp³-hybridized carbons (Fsp3) is 0.556. The number of hydrogen-bond acceptors (Lipinski definition) is 5. The van der Waals surface area contributed by atoms with Gasteiger partial charge in [-0.2, -0.15) is 0 Å². The number of ether oxygens (including phenoxy) is 1. The molecule has 1 atom stereocenters. The molecule has 0 saturated heterocycles. The lowest BCUT2D eigenvalue weighted by atomic mass is 10.0.